The average molecular weight is 337 g/mol. The van der Waals surface area contributed by atoms with Crippen molar-refractivity contribution < 1.29 is 4.79 Å². The summed E-state index contributed by atoms with van der Waals surface area (Å²) in [6, 6.07) is 10.6. The van der Waals surface area contributed by atoms with Crippen molar-refractivity contribution in [3.63, 3.8) is 0 Å². The predicted octanol–water partition coefficient (Wildman–Crippen LogP) is 3.51. The summed E-state index contributed by atoms with van der Waals surface area (Å²) in [6.07, 6.45) is 12.4. The van der Waals surface area contributed by atoms with E-state index in [0.717, 1.165) is 44.5 Å². The molecule has 1 atom stereocenters. The van der Waals surface area contributed by atoms with Crippen molar-refractivity contribution in [2.75, 3.05) is 0 Å². The molecule has 4 heteroatoms. The summed E-state index contributed by atoms with van der Waals surface area (Å²) >= 11 is 0. The van der Waals surface area contributed by atoms with Gasteiger partial charge in [-0.1, -0.05) is 49.6 Å². The van der Waals surface area contributed by atoms with E-state index in [1.165, 1.54) is 24.8 Å². The molecule has 1 N–H and O–H groups in total. The minimum Gasteiger partial charge on any atom is -0.350 e. The highest BCUT2D eigenvalue weighted by molar-refractivity contribution is 5.80. The molecule has 1 amide bonds. The molecule has 2 aromatic rings. The number of hydrogen-bond acceptors (Lipinski definition) is 2. The number of rotatable bonds is 4. The summed E-state index contributed by atoms with van der Waals surface area (Å²) in [6.45, 7) is 0.902. The van der Waals surface area contributed by atoms with Gasteiger partial charge in [0.2, 0.25) is 5.91 Å². The highest BCUT2D eigenvalue weighted by atomic mass is 16.2. The standard InChI is InChI=1S/C21H27N3O/c25-20(18-9-13-24-14-12-22-19(24)15-18)23-21(10-5-2-6-11-21)16-17-7-3-1-4-8-17/h1,3-4,7-8,12,14,18H,2,5-6,9-11,13,15-16H2,(H,23,25)/t18-/m1/s1. The van der Waals surface area contributed by atoms with E-state index in [9.17, 15) is 4.79 Å². The van der Waals surface area contributed by atoms with E-state index in [1.807, 2.05) is 12.4 Å². The first-order valence-electron chi connectivity index (χ1n) is 9.60. The van der Waals surface area contributed by atoms with Gasteiger partial charge in [-0.2, -0.15) is 0 Å². The van der Waals surface area contributed by atoms with Crippen molar-refractivity contribution in [1.29, 1.82) is 0 Å². The molecule has 1 aromatic heterocycles. The van der Waals surface area contributed by atoms with Crippen molar-refractivity contribution >= 4 is 5.91 Å². The maximum absolute atomic E-state index is 13.0. The van der Waals surface area contributed by atoms with Crippen LogP contribution >= 0.6 is 0 Å². The van der Waals surface area contributed by atoms with Gasteiger partial charge in [0, 0.05) is 36.8 Å². The Labute approximate surface area is 149 Å². The third kappa shape index (κ3) is 3.63. The Morgan fingerprint density at radius 2 is 2.00 bits per heavy atom. The van der Waals surface area contributed by atoms with Crippen LogP contribution in [0, 0.1) is 5.92 Å². The summed E-state index contributed by atoms with van der Waals surface area (Å²) in [5, 5.41) is 3.50. The fraction of sp³-hybridized carbons (Fsp3) is 0.524. The van der Waals surface area contributed by atoms with E-state index in [4.69, 9.17) is 0 Å². The smallest absolute Gasteiger partial charge is 0.224 e. The van der Waals surface area contributed by atoms with Crippen LogP contribution in [0.15, 0.2) is 42.7 Å². The second kappa shape index (κ2) is 7.03. The Morgan fingerprint density at radius 1 is 1.20 bits per heavy atom. The molecule has 0 bridgehead atoms. The van der Waals surface area contributed by atoms with Crippen LogP contribution in [0.1, 0.15) is 49.9 Å². The number of nitrogens with one attached hydrogen (secondary N) is 1. The van der Waals surface area contributed by atoms with E-state index in [1.54, 1.807) is 0 Å². The van der Waals surface area contributed by atoms with Crippen molar-refractivity contribution in [1.82, 2.24) is 14.9 Å². The van der Waals surface area contributed by atoms with Gasteiger partial charge in [0.1, 0.15) is 5.82 Å². The van der Waals surface area contributed by atoms with Gasteiger partial charge in [0.05, 0.1) is 0 Å². The Kier molecular flexibility index (Phi) is 4.60. The van der Waals surface area contributed by atoms with E-state index in [0.29, 0.717) is 0 Å². The van der Waals surface area contributed by atoms with Gasteiger partial charge in [0.15, 0.2) is 0 Å². The van der Waals surface area contributed by atoms with Gasteiger partial charge in [-0.15, -0.1) is 0 Å². The third-order valence-electron chi connectivity index (χ3n) is 5.90. The third-order valence-corrected chi connectivity index (χ3v) is 5.90. The molecule has 1 fully saturated rings. The van der Waals surface area contributed by atoms with Gasteiger partial charge in [-0.25, -0.2) is 4.98 Å². The van der Waals surface area contributed by atoms with E-state index >= 15 is 0 Å². The van der Waals surface area contributed by atoms with Gasteiger partial charge in [0.25, 0.3) is 0 Å². The largest absolute Gasteiger partial charge is 0.350 e. The van der Waals surface area contributed by atoms with Crippen molar-refractivity contribution in [3.8, 4) is 0 Å². The number of carbonyl (C=O) groups excluding carboxylic acids is 1. The molecule has 0 spiro atoms. The lowest BCUT2D eigenvalue weighted by atomic mass is 9.77. The highest BCUT2D eigenvalue weighted by Gasteiger charge is 2.36. The maximum atomic E-state index is 13.0. The van der Waals surface area contributed by atoms with Gasteiger partial charge >= 0.3 is 0 Å². The maximum Gasteiger partial charge on any atom is 0.224 e. The Morgan fingerprint density at radius 3 is 2.80 bits per heavy atom. The number of hydrogen-bond donors (Lipinski definition) is 1. The van der Waals surface area contributed by atoms with Crippen molar-refractivity contribution in [3.05, 3.63) is 54.1 Å². The molecule has 2 aliphatic rings. The molecule has 0 saturated heterocycles. The molecule has 2 heterocycles. The van der Waals surface area contributed by atoms with E-state index in [-0.39, 0.29) is 17.4 Å². The molecule has 0 unspecified atom stereocenters. The minimum atomic E-state index is -0.0659. The van der Waals surface area contributed by atoms with Crippen LogP contribution in [-0.2, 0) is 24.2 Å². The first-order valence-corrected chi connectivity index (χ1v) is 9.60. The monoisotopic (exact) mass is 337 g/mol. The lowest BCUT2D eigenvalue weighted by Crippen LogP contribution is -2.53. The van der Waals surface area contributed by atoms with Crippen LogP contribution in [0.3, 0.4) is 0 Å². The molecule has 4 nitrogen and oxygen atoms in total. The number of nitrogens with zero attached hydrogens (tertiary/aromatic N) is 2. The molecule has 132 valence electrons. The second-order valence-corrected chi connectivity index (χ2v) is 7.72. The summed E-state index contributed by atoms with van der Waals surface area (Å²) in [7, 11) is 0. The summed E-state index contributed by atoms with van der Waals surface area (Å²) < 4.78 is 2.17. The fourth-order valence-electron chi connectivity index (χ4n) is 4.50. The van der Waals surface area contributed by atoms with Crippen LogP contribution in [0.2, 0.25) is 0 Å². The number of aryl methyl sites for hydroxylation is 1. The Hall–Kier alpha value is -2.10. The lowest BCUT2D eigenvalue weighted by molar-refractivity contribution is -0.128. The molecule has 1 aliphatic carbocycles. The molecule has 4 rings (SSSR count). The highest BCUT2D eigenvalue weighted by Crippen LogP contribution is 2.32. The molecule has 1 saturated carbocycles. The second-order valence-electron chi connectivity index (χ2n) is 7.72. The zero-order valence-corrected chi connectivity index (χ0v) is 14.8. The minimum absolute atomic E-state index is 0.0597. The average Bonchev–Trinajstić information content (AvgIpc) is 3.11. The number of benzene rings is 1. The molecule has 25 heavy (non-hydrogen) atoms. The summed E-state index contributed by atoms with van der Waals surface area (Å²) in [5.74, 6) is 1.34. The topological polar surface area (TPSA) is 46.9 Å². The fourth-order valence-corrected chi connectivity index (χ4v) is 4.50. The van der Waals surface area contributed by atoms with Crippen LogP contribution in [0.5, 0.6) is 0 Å². The van der Waals surface area contributed by atoms with Crippen LogP contribution in [-0.4, -0.2) is 21.0 Å². The quantitative estimate of drug-likeness (QED) is 0.928. The van der Waals surface area contributed by atoms with Gasteiger partial charge < -0.3 is 9.88 Å². The van der Waals surface area contributed by atoms with Crippen molar-refractivity contribution in [2.45, 2.75) is 63.5 Å². The molecular weight excluding hydrogens is 310 g/mol. The van der Waals surface area contributed by atoms with Crippen LogP contribution in [0.4, 0.5) is 0 Å². The lowest BCUT2D eigenvalue weighted by Gasteiger charge is -2.40. The normalized spacial score (nSPS) is 22.2. The van der Waals surface area contributed by atoms with E-state index in [2.05, 4.69) is 45.2 Å². The zero-order valence-electron chi connectivity index (χ0n) is 14.8. The molecule has 1 aromatic carbocycles. The van der Waals surface area contributed by atoms with Crippen molar-refractivity contribution in [2.24, 2.45) is 5.92 Å². The van der Waals surface area contributed by atoms with Crippen LogP contribution < -0.4 is 5.32 Å². The Balaban J connectivity index is 1.48. The van der Waals surface area contributed by atoms with Crippen LogP contribution in [0.25, 0.3) is 0 Å². The molecule has 1 aliphatic heterocycles. The summed E-state index contributed by atoms with van der Waals surface area (Å²) in [4.78, 5) is 17.4. The number of amides is 1. The number of fused-ring (bicyclic) bond motifs is 1. The summed E-state index contributed by atoms with van der Waals surface area (Å²) in [5.41, 5.74) is 1.26. The van der Waals surface area contributed by atoms with E-state index < -0.39 is 0 Å². The number of aromatic nitrogens is 2. The number of imidazole rings is 1. The Bertz CT molecular complexity index is 716. The SMILES string of the molecule is O=C(NC1(Cc2ccccc2)CCCCC1)[C@@H]1CCn2ccnc2C1. The van der Waals surface area contributed by atoms with Gasteiger partial charge in [-0.3, -0.25) is 4.79 Å². The zero-order chi connectivity index (χ0) is 17.1. The first kappa shape index (κ1) is 16.4. The van der Waals surface area contributed by atoms with Gasteiger partial charge in [-0.05, 0) is 31.2 Å². The predicted molar refractivity (Wildman–Crippen MR) is 98.1 cm³/mol. The molecule has 0 radical (unpaired) electrons. The first-order chi connectivity index (χ1) is 12.2. The molecular formula is C21H27N3O. The number of carbonyl (C=O) groups is 1.